The summed E-state index contributed by atoms with van der Waals surface area (Å²) in [7, 11) is 3.21. The Balaban J connectivity index is 1.64. The fraction of sp³-hybridized carbons (Fsp3) is 0.483. The fourth-order valence-corrected chi connectivity index (χ4v) is 5.08. The number of benzene rings is 2. The average molecular weight is 524 g/mol. The minimum Gasteiger partial charge on any atom is -0.497 e. The molecule has 2 atom stereocenters. The first kappa shape index (κ1) is 27.4. The zero-order valence-corrected chi connectivity index (χ0v) is 22.6. The smallest absolute Gasteiger partial charge is 0.323 e. The van der Waals surface area contributed by atoms with Gasteiger partial charge in [-0.1, -0.05) is 18.6 Å². The van der Waals surface area contributed by atoms with Gasteiger partial charge in [-0.15, -0.1) is 0 Å². The summed E-state index contributed by atoms with van der Waals surface area (Å²) in [6, 6.07) is 12.6. The van der Waals surface area contributed by atoms with Crippen LogP contribution in [-0.4, -0.2) is 74.1 Å². The van der Waals surface area contributed by atoms with Crippen LogP contribution in [0.15, 0.2) is 47.6 Å². The Labute approximate surface area is 224 Å². The first-order valence-electron chi connectivity index (χ1n) is 13.2. The Morgan fingerprint density at radius 3 is 2.42 bits per heavy atom. The van der Waals surface area contributed by atoms with Crippen LogP contribution >= 0.6 is 0 Å². The average Bonchev–Trinajstić information content (AvgIpc) is 3.39. The molecule has 2 aliphatic heterocycles. The molecule has 0 aromatic heterocycles. The third-order valence-corrected chi connectivity index (χ3v) is 6.97. The zero-order chi connectivity index (χ0) is 27.1. The fourth-order valence-electron chi connectivity index (χ4n) is 5.08. The van der Waals surface area contributed by atoms with Crippen LogP contribution in [0.25, 0.3) is 0 Å². The van der Waals surface area contributed by atoms with Crippen LogP contribution < -0.4 is 14.2 Å². The molecule has 0 bridgehead atoms. The van der Waals surface area contributed by atoms with Gasteiger partial charge in [-0.3, -0.25) is 14.5 Å². The minimum atomic E-state index is -0.413. The Kier molecular flexibility index (Phi) is 9.23. The van der Waals surface area contributed by atoms with Crippen molar-refractivity contribution < 1.29 is 28.5 Å². The number of ether oxygens (including phenoxy) is 4. The molecule has 4 rings (SSSR count). The molecule has 0 saturated carbocycles. The topological polar surface area (TPSA) is 89.9 Å². The highest BCUT2D eigenvalue weighted by Gasteiger charge is 2.37. The number of hydrogen-bond donors (Lipinski definition) is 0. The third kappa shape index (κ3) is 6.10. The summed E-state index contributed by atoms with van der Waals surface area (Å²) in [6.07, 6.45) is 3.07. The molecular formula is C29H37N3O6. The normalized spacial score (nSPS) is 19.6. The van der Waals surface area contributed by atoms with Crippen LogP contribution in [0.2, 0.25) is 0 Å². The van der Waals surface area contributed by atoms with Crippen molar-refractivity contribution >= 4 is 17.6 Å². The summed E-state index contributed by atoms with van der Waals surface area (Å²) < 4.78 is 21.9. The van der Waals surface area contributed by atoms with E-state index < -0.39 is 6.04 Å². The lowest BCUT2D eigenvalue weighted by molar-refractivity contribution is -0.152. The van der Waals surface area contributed by atoms with Gasteiger partial charge in [0.15, 0.2) is 0 Å². The number of methoxy groups -OCH3 is 2. The van der Waals surface area contributed by atoms with Gasteiger partial charge in [-0.05, 0) is 63.1 Å². The molecule has 2 aromatic carbocycles. The second kappa shape index (κ2) is 12.8. The lowest BCUT2D eigenvalue weighted by Crippen LogP contribution is -2.49. The van der Waals surface area contributed by atoms with E-state index in [0.29, 0.717) is 44.1 Å². The van der Waals surface area contributed by atoms with Crippen LogP contribution in [0.4, 0.5) is 0 Å². The van der Waals surface area contributed by atoms with Gasteiger partial charge in [0.1, 0.15) is 23.3 Å². The van der Waals surface area contributed by atoms with Gasteiger partial charge in [0, 0.05) is 18.1 Å². The van der Waals surface area contributed by atoms with Crippen LogP contribution in [0.5, 0.6) is 17.2 Å². The Bertz CT molecular complexity index is 1150. The summed E-state index contributed by atoms with van der Waals surface area (Å²) in [6.45, 7) is 5.40. The molecule has 0 N–H and O–H groups in total. The minimum absolute atomic E-state index is 0.0908. The van der Waals surface area contributed by atoms with Gasteiger partial charge in [0.2, 0.25) is 0 Å². The van der Waals surface area contributed by atoms with E-state index in [1.807, 2.05) is 54.3 Å². The highest BCUT2D eigenvalue weighted by molar-refractivity contribution is 6.05. The summed E-state index contributed by atoms with van der Waals surface area (Å²) in [5.74, 6) is 1.64. The Hall–Kier alpha value is -3.59. The van der Waals surface area contributed by atoms with Crippen molar-refractivity contribution in [3.8, 4) is 17.2 Å². The summed E-state index contributed by atoms with van der Waals surface area (Å²) in [5, 5.41) is 6.38. The second-order valence-electron chi connectivity index (χ2n) is 9.31. The summed E-state index contributed by atoms with van der Waals surface area (Å²) in [5.41, 5.74) is 2.51. The number of esters is 1. The number of likely N-dealkylation sites (tertiary alicyclic amines) is 1. The number of rotatable bonds is 10. The van der Waals surface area contributed by atoms with E-state index in [9.17, 15) is 9.59 Å². The van der Waals surface area contributed by atoms with E-state index in [1.165, 1.54) is 0 Å². The van der Waals surface area contributed by atoms with Crippen molar-refractivity contribution in [1.82, 2.24) is 9.91 Å². The molecule has 1 amide bonds. The van der Waals surface area contributed by atoms with Gasteiger partial charge in [0.05, 0.1) is 45.7 Å². The van der Waals surface area contributed by atoms with Gasteiger partial charge >= 0.3 is 5.97 Å². The molecule has 0 aliphatic carbocycles. The van der Waals surface area contributed by atoms with E-state index in [4.69, 9.17) is 24.0 Å². The molecule has 2 aliphatic rings. The molecule has 204 valence electrons. The standard InChI is InChI=1S/C29H37N3O6/c1-5-37-21-12-10-20(11-13-21)26-18-24(23-15-14-22(35-3)17-27(23)36-4)30-32(26)28(33)19-31-16-8-7-9-25(31)29(34)38-6-2/h10-15,17,25-26H,5-9,16,18-19H2,1-4H3/t25-,26+/m0/s1. The number of amides is 1. The molecule has 1 saturated heterocycles. The molecule has 0 spiro atoms. The number of nitrogens with zero attached hydrogens (tertiary/aromatic N) is 3. The zero-order valence-electron chi connectivity index (χ0n) is 22.6. The maximum atomic E-state index is 13.8. The number of carbonyl (C=O) groups excluding carboxylic acids is 2. The van der Waals surface area contributed by atoms with Crippen molar-refractivity contribution in [2.45, 2.75) is 51.6 Å². The maximum Gasteiger partial charge on any atom is 0.323 e. The van der Waals surface area contributed by atoms with Crippen LogP contribution in [0.1, 0.15) is 56.7 Å². The molecule has 0 unspecified atom stereocenters. The SMILES string of the molecule is CCOC(=O)[C@@H]1CCCCN1CC(=O)N1N=C(c2ccc(OC)cc2OC)C[C@@H]1c1ccc(OCC)cc1. The van der Waals surface area contributed by atoms with Crippen molar-refractivity contribution in [3.63, 3.8) is 0 Å². The van der Waals surface area contributed by atoms with E-state index in [-0.39, 0.29) is 24.5 Å². The molecule has 2 aromatic rings. The van der Waals surface area contributed by atoms with E-state index in [1.54, 1.807) is 26.2 Å². The first-order chi connectivity index (χ1) is 18.5. The third-order valence-electron chi connectivity index (χ3n) is 6.97. The highest BCUT2D eigenvalue weighted by Crippen LogP contribution is 2.37. The summed E-state index contributed by atoms with van der Waals surface area (Å²) in [4.78, 5) is 28.3. The van der Waals surface area contributed by atoms with E-state index >= 15 is 0 Å². The Morgan fingerprint density at radius 2 is 1.74 bits per heavy atom. The molecule has 0 radical (unpaired) electrons. The van der Waals surface area contributed by atoms with Gasteiger partial charge in [0.25, 0.3) is 5.91 Å². The number of piperidine rings is 1. The summed E-state index contributed by atoms with van der Waals surface area (Å²) >= 11 is 0. The lowest BCUT2D eigenvalue weighted by Gasteiger charge is -2.34. The lowest BCUT2D eigenvalue weighted by atomic mass is 9.97. The van der Waals surface area contributed by atoms with Crippen LogP contribution in [-0.2, 0) is 14.3 Å². The molecule has 9 heteroatoms. The van der Waals surface area contributed by atoms with Crippen LogP contribution in [0, 0.1) is 0 Å². The number of hydrogen-bond acceptors (Lipinski definition) is 8. The monoisotopic (exact) mass is 523 g/mol. The van der Waals surface area contributed by atoms with Crippen LogP contribution in [0.3, 0.4) is 0 Å². The van der Waals surface area contributed by atoms with Gasteiger partial charge in [-0.25, -0.2) is 5.01 Å². The predicted octanol–water partition coefficient (Wildman–Crippen LogP) is 4.20. The first-order valence-corrected chi connectivity index (χ1v) is 13.2. The molecular weight excluding hydrogens is 486 g/mol. The largest absolute Gasteiger partial charge is 0.497 e. The van der Waals surface area contributed by atoms with Crippen molar-refractivity contribution in [2.75, 3.05) is 40.5 Å². The molecule has 9 nitrogen and oxygen atoms in total. The second-order valence-corrected chi connectivity index (χ2v) is 9.31. The molecule has 2 heterocycles. The molecule has 38 heavy (non-hydrogen) atoms. The quantitative estimate of drug-likeness (QED) is 0.431. The van der Waals surface area contributed by atoms with E-state index in [0.717, 1.165) is 35.4 Å². The van der Waals surface area contributed by atoms with E-state index in [2.05, 4.69) is 0 Å². The number of hydrazone groups is 1. The number of carbonyl (C=O) groups is 2. The maximum absolute atomic E-state index is 13.8. The van der Waals surface area contributed by atoms with Crippen molar-refractivity contribution in [2.24, 2.45) is 5.10 Å². The van der Waals surface area contributed by atoms with Crippen molar-refractivity contribution in [3.05, 3.63) is 53.6 Å². The van der Waals surface area contributed by atoms with Crippen molar-refractivity contribution in [1.29, 1.82) is 0 Å². The van der Waals surface area contributed by atoms with Gasteiger partial charge in [-0.2, -0.15) is 5.10 Å². The highest BCUT2D eigenvalue weighted by atomic mass is 16.5. The van der Waals surface area contributed by atoms with Gasteiger partial charge < -0.3 is 18.9 Å². The molecule has 1 fully saturated rings. The predicted molar refractivity (Wildman–Crippen MR) is 144 cm³/mol. The Morgan fingerprint density at radius 1 is 0.974 bits per heavy atom.